The molecule has 0 aliphatic carbocycles. The Hall–Kier alpha value is -2.27. The van der Waals surface area contributed by atoms with Crippen molar-refractivity contribution in [2.45, 2.75) is 11.8 Å². The molecule has 0 saturated heterocycles. The molecule has 0 aliphatic rings. The number of carbonyl (C=O) groups is 1. The largest absolute Gasteiger partial charge is 0.386 e. The number of aryl methyl sites for hydroxylation is 1. The first-order valence-corrected chi connectivity index (χ1v) is 8.07. The molecule has 0 saturated carbocycles. The molecule has 0 atom stereocenters. The van der Waals surface area contributed by atoms with Crippen LogP contribution in [0.5, 0.6) is 0 Å². The van der Waals surface area contributed by atoms with Gasteiger partial charge in [-0.2, -0.15) is 0 Å². The molecule has 2 aromatic carbocycles. The highest BCUT2D eigenvalue weighted by Crippen LogP contribution is 2.24. The van der Waals surface area contributed by atoms with E-state index in [1.165, 1.54) is 0 Å². The van der Waals surface area contributed by atoms with Gasteiger partial charge < -0.3 is 10.2 Å². The van der Waals surface area contributed by atoms with Crippen molar-refractivity contribution >= 4 is 29.6 Å². The molecule has 0 aliphatic heterocycles. The van der Waals surface area contributed by atoms with Crippen molar-refractivity contribution in [1.29, 1.82) is 0 Å². The highest BCUT2D eigenvalue weighted by atomic mass is 32.2. The molecule has 0 unspecified atom stereocenters. The summed E-state index contributed by atoms with van der Waals surface area (Å²) in [5.74, 6) is -0.233. The molecule has 0 radical (unpaired) electrons. The number of nitrogens with zero attached hydrogens (tertiary/aromatic N) is 1. The molecule has 0 heterocycles. The molecule has 2 aromatic rings. The van der Waals surface area contributed by atoms with Gasteiger partial charge in [0.15, 0.2) is 6.61 Å². The van der Waals surface area contributed by atoms with Gasteiger partial charge in [-0.1, -0.05) is 41.6 Å². The minimum Gasteiger partial charge on any atom is -0.386 e. The summed E-state index contributed by atoms with van der Waals surface area (Å²) in [5.41, 5.74) is 2.86. The summed E-state index contributed by atoms with van der Waals surface area (Å²) in [5, 5.41) is 6.65. The van der Waals surface area contributed by atoms with E-state index in [1.54, 1.807) is 18.0 Å². The first-order chi connectivity index (χ1) is 10.7. The lowest BCUT2D eigenvalue weighted by Gasteiger charge is -2.08. The van der Waals surface area contributed by atoms with E-state index in [-0.39, 0.29) is 12.5 Å². The summed E-state index contributed by atoms with van der Waals surface area (Å²) in [4.78, 5) is 17.9. The molecule has 1 amide bonds. The molecule has 0 spiro atoms. The van der Waals surface area contributed by atoms with Crippen LogP contribution in [0.25, 0.3) is 0 Å². The lowest BCUT2D eigenvalue weighted by molar-refractivity contribution is -0.120. The van der Waals surface area contributed by atoms with E-state index in [9.17, 15) is 4.79 Å². The summed E-state index contributed by atoms with van der Waals surface area (Å²) in [6.07, 6.45) is 3.58. The molecule has 22 heavy (non-hydrogen) atoms. The second-order valence-electron chi connectivity index (χ2n) is 4.61. The molecular weight excluding hydrogens is 296 g/mol. The SMILES string of the molecule is CSc1ccccc1NC(=O)CO/N=C/c1ccccc1C. The number of anilines is 1. The highest BCUT2D eigenvalue weighted by Gasteiger charge is 2.06. The van der Waals surface area contributed by atoms with Gasteiger partial charge in [-0.25, -0.2) is 0 Å². The van der Waals surface area contributed by atoms with E-state index in [4.69, 9.17) is 4.84 Å². The Balaban J connectivity index is 1.84. The molecule has 2 rings (SSSR count). The minimum absolute atomic E-state index is 0.120. The highest BCUT2D eigenvalue weighted by molar-refractivity contribution is 7.98. The molecular formula is C17H18N2O2S. The van der Waals surface area contributed by atoms with Crippen molar-refractivity contribution in [3.05, 3.63) is 59.7 Å². The fourth-order valence-electron chi connectivity index (χ4n) is 1.86. The Bertz CT molecular complexity index is 671. The van der Waals surface area contributed by atoms with Crippen molar-refractivity contribution in [2.24, 2.45) is 5.16 Å². The van der Waals surface area contributed by atoms with Crippen LogP contribution in [0.4, 0.5) is 5.69 Å². The third-order valence-electron chi connectivity index (χ3n) is 3.03. The number of rotatable bonds is 6. The average Bonchev–Trinajstić information content (AvgIpc) is 2.53. The van der Waals surface area contributed by atoms with Crippen molar-refractivity contribution in [2.75, 3.05) is 18.2 Å². The van der Waals surface area contributed by atoms with E-state index in [1.807, 2.05) is 61.7 Å². The molecule has 0 bridgehead atoms. The van der Waals surface area contributed by atoms with Crippen LogP contribution >= 0.6 is 11.8 Å². The van der Waals surface area contributed by atoms with Crippen molar-refractivity contribution in [3.8, 4) is 0 Å². The third-order valence-corrected chi connectivity index (χ3v) is 3.83. The number of hydrogen-bond acceptors (Lipinski definition) is 4. The Kier molecular flexibility index (Phi) is 6.03. The molecule has 1 N–H and O–H groups in total. The second-order valence-corrected chi connectivity index (χ2v) is 5.46. The molecule has 0 aromatic heterocycles. The maximum atomic E-state index is 11.8. The van der Waals surface area contributed by atoms with Crippen LogP contribution in [-0.2, 0) is 9.63 Å². The van der Waals surface area contributed by atoms with Gasteiger partial charge in [-0.05, 0) is 36.4 Å². The number of carbonyl (C=O) groups excluding carboxylic acids is 1. The van der Waals surface area contributed by atoms with E-state index in [0.717, 1.165) is 21.7 Å². The Morgan fingerprint density at radius 1 is 1.23 bits per heavy atom. The van der Waals surface area contributed by atoms with Gasteiger partial charge in [0, 0.05) is 4.90 Å². The van der Waals surface area contributed by atoms with Gasteiger partial charge in [0.05, 0.1) is 11.9 Å². The predicted molar refractivity (Wildman–Crippen MR) is 91.6 cm³/mol. The summed E-state index contributed by atoms with van der Waals surface area (Å²) in [7, 11) is 0. The Morgan fingerprint density at radius 3 is 2.73 bits per heavy atom. The van der Waals surface area contributed by atoms with E-state index < -0.39 is 0 Å². The van der Waals surface area contributed by atoms with Crippen molar-refractivity contribution in [3.63, 3.8) is 0 Å². The quantitative estimate of drug-likeness (QED) is 0.502. The van der Waals surface area contributed by atoms with Gasteiger partial charge >= 0.3 is 0 Å². The second kappa shape index (κ2) is 8.24. The van der Waals surface area contributed by atoms with Gasteiger partial charge in [0.1, 0.15) is 0 Å². The normalized spacial score (nSPS) is 10.6. The summed E-state index contributed by atoms with van der Waals surface area (Å²) < 4.78 is 0. The summed E-state index contributed by atoms with van der Waals surface area (Å²) in [6.45, 7) is 1.87. The van der Waals surface area contributed by atoms with E-state index >= 15 is 0 Å². The van der Waals surface area contributed by atoms with Crippen LogP contribution in [0.15, 0.2) is 58.6 Å². The number of nitrogens with one attached hydrogen (secondary N) is 1. The summed E-state index contributed by atoms with van der Waals surface area (Å²) >= 11 is 1.58. The maximum absolute atomic E-state index is 11.8. The van der Waals surface area contributed by atoms with Crippen molar-refractivity contribution < 1.29 is 9.63 Å². The van der Waals surface area contributed by atoms with Gasteiger partial charge in [0.25, 0.3) is 5.91 Å². The number of hydrogen-bond donors (Lipinski definition) is 1. The van der Waals surface area contributed by atoms with Gasteiger partial charge in [0.2, 0.25) is 0 Å². The molecule has 4 nitrogen and oxygen atoms in total. The van der Waals surface area contributed by atoms with E-state index in [2.05, 4.69) is 10.5 Å². The van der Waals surface area contributed by atoms with Crippen LogP contribution in [-0.4, -0.2) is 25.0 Å². The molecule has 0 fully saturated rings. The van der Waals surface area contributed by atoms with Crippen LogP contribution in [0, 0.1) is 6.92 Å². The molecule has 114 valence electrons. The number of thioether (sulfide) groups is 1. The van der Waals surface area contributed by atoms with Crippen molar-refractivity contribution in [1.82, 2.24) is 0 Å². The maximum Gasteiger partial charge on any atom is 0.265 e. The lowest BCUT2D eigenvalue weighted by atomic mass is 10.1. The zero-order valence-electron chi connectivity index (χ0n) is 12.6. The number of benzene rings is 2. The Morgan fingerprint density at radius 2 is 1.95 bits per heavy atom. The average molecular weight is 314 g/mol. The fraction of sp³-hybridized carbons (Fsp3) is 0.176. The minimum atomic E-state index is -0.233. The smallest absolute Gasteiger partial charge is 0.265 e. The van der Waals surface area contributed by atoms with E-state index in [0.29, 0.717) is 0 Å². The van der Waals surface area contributed by atoms with Crippen LogP contribution < -0.4 is 5.32 Å². The zero-order valence-corrected chi connectivity index (χ0v) is 13.4. The first-order valence-electron chi connectivity index (χ1n) is 6.84. The number of oxime groups is 1. The van der Waals surface area contributed by atoms with Crippen LogP contribution in [0.1, 0.15) is 11.1 Å². The fourth-order valence-corrected chi connectivity index (χ4v) is 2.41. The third kappa shape index (κ3) is 4.63. The monoisotopic (exact) mass is 314 g/mol. The predicted octanol–water partition coefficient (Wildman–Crippen LogP) is 3.71. The number of para-hydroxylation sites is 1. The summed E-state index contributed by atoms with van der Waals surface area (Å²) in [6, 6.07) is 15.5. The zero-order chi connectivity index (χ0) is 15.8. The topological polar surface area (TPSA) is 50.7 Å². The molecule has 5 heteroatoms. The Labute approximate surface area is 134 Å². The first kappa shape index (κ1) is 16.1. The lowest BCUT2D eigenvalue weighted by Crippen LogP contribution is -2.17. The number of amides is 1. The van der Waals surface area contributed by atoms with Gasteiger partial charge in [-0.15, -0.1) is 11.8 Å². The van der Waals surface area contributed by atoms with Gasteiger partial charge in [-0.3, -0.25) is 4.79 Å². The standard InChI is InChI=1S/C17H18N2O2S/c1-13-7-3-4-8-14(13)11-18-21-12-17(20)19-15-9-5-6-10-16(15)22-2/h3-11H,12H2,1-2H3,(H,19,20)/b18-11+. The van der Waals surface area contributed by atoms with Crippen LogP contribution in [0.2, 0.25) is 0 Å². The van der Waals surface area contributed by atoms with Crippen LogP contribution in [0.3, 0.4) is 0 Å².